The Morgan fingerprint density at radius 3 is 2.43 bits per heavy atom. The summed E-state index contributed by atoms with van der Waals surface area (Å²) in [5.41, 5.74) is 3.63. The Labute approximate surface area is 170 Å². The molecule has 0 saturated carbocycles. The first-order valence-electron chi connectivity index (χ1n) is 9.26. The molecular weight excluding hydrogens is 378 g/mol. The molecule has 0 aliphatic rings. The van der Waals surface area contributed by atoms with Crippen LogP contribution >= 0.6 is 11.6 Å². The van der Waals surface area contributed by atoms with E-state index < -0.39 is 5.97 Å². The van der Waals surface area contributed by atoms with Crippen molar-refractivity contribution in [2.24, 2.45) is 0 Å². The summed E-state index contributed by atoms with van der Waals surface area (Å²) < 4.78 is 6.71. The second-order valence-electron chi connectivity index (χ2n) is 6.44. The molecule has 0 bridgehead atoms. The lowest BCUT2D eigenvalue weighted by molar-refractivity contribution is -0.147. The largest absolute Gasteiger partial charge is 0.452 e. The minimum atomic E-state index is -0.595. The van der Waals surface area contributed by atoms with E-state index in [0.29, 0.717) is 36.0 Å². The number of aromatic nitrogens is 2. The van der Waals surface area contributed by atoms with Gasteiger partial charge in [0.15, 0.2) is 6.61 Å². The van der Waals surface area contributed by atoms with Crippen LogP contribution in [-0.4, -0.2) is 46.3 Å². The third kappa shape index (κ3) is 5.70. The lowest BCUT2D eigenvalue weighted by Gasteiger charge is -2.17. The number of rotatable bonds is 8. The molecule has 0 aliphatic carbocycles. The van der Waals surface area contributed by atoms with Crippen molar-refractivity contribution < 1.29 is 14.3 Å². The van der Waals surface area contributed by atoms with E-state index in [1.807, 2.05) is 52.0 Å². The molecule has 0 radical (unpaired) electrons. The van der Waals surface area contributed by atoms with E-state index in [4.69, 9.17) is 16.3 Å². The molecule has 1 aromatic carbocycles. The maximum atomic E-state index is 11.9. The zero-order chi connectivity index (χ0) is 20.7. The maximum absolute atomic E-state index is 11.9. The lowest BCUT2D eigenvalue weighted by atomic mass is 10.1. The second-order valence-corrected chi connectivity index (χ2v) is 6.80. The summed E-state index contributed by atoms with van der Waals surface area (Å²) in [4.78, 5) is 25.4. The van der Waals surface area contributed by atoms with Crippen molar-refractivity contribution in [2.45, 2.75) is 34.2 Å². The minimum Gasteiger partial charge on any atom is -0.452 e. The van der Waals surface area contributed by atoms with Gasteiger partial charge in [-0.15, -0.1) is 0 Å². The van der Waals surface area contributed by atoms with E-state index in [1.54, 1.807) is 15.7 Å². The van der Waals surface area contributed by atoms with Crippen molar-refractivity contribution in [3.8, 4) is 0 Å². The Kier molecular flexibility index (Phi) is 7.81. The Morgan fingerprint density at radius 1 is 1.18 bits per heavy atom. The number of hydrogen-bond acceptors (Lipinski definition) is 4. The maximum Gasteiger partial charge on any atom is 0.331 e. The average Bonchev–Trinajstić information content (AvgIpc) is 2.94. The van der Waals surface area contributed by atoms with E-state index in [2.05, 4.69) is 5.10 Å². The Balaban J connectivity index is 2.01. The molecule has 1 aromatic heterocycles. The van der Waals surface area contributed by atoms with Crippen LogP contribution in [0.5, 0.6) is 0 Å². The molecule has 2 rings (SSSR count). The first kappa shape index (κ1) is 21.7. The molecule has 1 amide bonds. The van der Waals surface area contributed by atoms with Crippen LogP contribution in [0.4, 0.5) is 0 Å². The Morgan fingerprint density at radius 2 is 1.82 bits per heavy atom. The molecule has 7 heteroatoms. The molecular formula is C21H26ClN3O3. The summed E-state index contributed by atoms with van der Waals surface area (Å²) in [6.45, 7) is 9.04. The van der Waals surface area contributed by atoms with Crippen molar-refractivity contribution in [3.63, 3.8) is 0 Å². The zero-order valence-electron chi connectivity index (χ0n) is 16.7. The zero-order valence-corrected chi connectivity index (χ0v) is 17.5. The fourth-order valence-corrected chi connectivity index (χ4v) is 3.02. The summed E-state index contributed by atoms with van der Waals surface area (Å²) in [5, 5.41) is 4.89. The Bertz CT molecular complexity index is 853. The number of esters is 1. The summed E-state index contributed by atoms with van der Waals surface area (Å²) in [5.74, 6) is -0.811. The van der Waals surface area contributed by atoms with Crippen LogP contribution < -0.4 is 0 Å². The first-order valence-corrected chi connectivity index (χ1v) is 9.64. The van der Waals surface area contributed by atoms with Gasteiger partial charge in [0.2, 0.25) is 0 Å². The van der Waals surface area contributed by atoms with Crippen LogP contribution in [0.15, 0.2) is 30.3 Å². The normalized spacial score (nSPS) is 11.0. The smallest absolute Gasteiger partial charge is 0.331 e. The standard InChI is InChI=1S/C21H26ClN3O3/c1-5-24(6-2)19(26)14-28-20(27)12-11-18-16(4)23-25(21(18)22)13-17-9-7-15(3)8-10-17/h7-12H,5-6,13-14H2,1-4H3/b12-11+. The van der Waals surface area contributed by atoms with Gasteiger partial charge in [0.05, 0.1) is 12.2 Å². The third-order valence-electron chi connectivity index (χ3n) is 4.40. The van der Waals surface area contributed by atoms with Crippen LogP contribution in [0, 0.1) is 13.8 Å². The van der Waals surface area contributed by atoms with Crippen molar-refractivity contribution in [2.75, 3.05) is 19.7 Å². The fraction of sp³-hybridized carbons (Fsp3) is 0.381. The van der Waals surface area contributed by atoms with Gasteiger partial charge in [0.25, 0.3) is 5.91 Å². The van der Waals surface area contributed by atoms with Gasteiger partial charge in [-0.05, 0) is 39.3 Å². The van der Waals surface area contributed by atoms with Gasteiger partial charge in [-0.1, -0.05) is 41.4 Å². The molecule has 0 saturated heterocycles. The molecule has 6 nitrogen and oxygen atoms in total. The van der Waals surface area contributed by atoms with Gasteiger partial charge >= 0.3 is 5.97 Å². The number of nitrogens with zero attached hydrogens (tertiary/aromatic N) is 3. The minimum absolute atomic E-state index is 0.216. The van der Waals surface area contributed by atoms with E-state index in [1.165, 1.54) is 11.6 Å². The number of benzene rings is 1. The number of carbonyl (C=O) groups is 2. The lowest BCUT2D eigenvalue weighted by Crippen LogP contribution is -2.34. The molecule has 2 aromatic rings. The van der Waals surface area contributed by atoms with Gasteiger partial charge in [-0.3, -0.25) is 4.79 Å². The van der Waals surface area contributed by atoms with E-state index in [0.717, 1.165) is 5.56 Å². The summed E-state index contributed by atoms with van der Waals surface area (Å²) in [6, 6.07) is 8.14. The molecule has 0 unspecified atom stereocenters. The molecule has 0 N–H and O–H groups in total. The quantitative estimate of drug-likeness (QED) is 0.498. The number of amides is 1. The summed E-state index contributed by atoms with van der Waals surface area (Å²) in [7, 11) is 0. The van der Waals surface area contributed by atoms with Crippen molar-refractivity contribution >= 4 is 29.6 Å². The van der Waals surface area contributed by atoms with Crippen LogP contribution in [-0.2, 0) is 20.9 Å². The van der Waals surface area contributed by atoms with Crippen LogP contribution in [0.3, 0.4) is 0 Å². The van der Waals surface area contributed by atoms with Crippen molar-refractivity contribution in [3.05, 3.63) is 57.9 Å². The predicted molar refractivity (Wildman–Crippen MR) is 110 cm³/mol. The Hall–Kier alpha value is -2.60. The predicted octanol–water partition coefficient (Wildman–Crippen LogP) is 3.63. The number of likely N-dealkylation sites (N-methyl/N-ethyl adjacent to an activating group) is 1. The van der Waals surface area contributed by atoms with Crippen molar-refractivity contribution in [1.29, 1.82) is 0 Å². The highest BCUT2D eigenvalue weighted by Gasteiger charge is 2.14. The highest BCUT2D eigenvalue weighted by atomic mass is 35.5. The highest BCUT2D eigenvalue weighted by Crippen LogP contribution is 2.22. The number of aryl methyl sites for hydroxylation is 2. The van der Waals surface area contributed by atoms with E-state index >= 15 is 0 Å². The van der Waals surface area contributed by atoms with Crippen LogP contribution in [0.2, 0.25) is 5.15 Å². The first-order chi connectivity index (χ1) is 13.3. The molecule has 0 spiro atoms. The van der Waals surface area contributed by atoms with Gasteiger partial charge in [-0.25, -0.2) is 9.48 Å². The topological polar surface area (TPSA) is 64.4 Å². The fourth-order valence-electron chi connectivity index (χ4n) is 2.73. The van der Waals surface area contributed by atoms with Crippen LogP contribution in [0.25, 0.3) is 6.08 Å². The van der Waals surface area contributed by atoms with Gasteiger partial charge in [0.1, 0.15) is 5.15 Å². The van der Waals surface area contributed by atoms with Gasteiger partial charge < -0.3 is 9.64 Å². The number of halogens is 1. The monoisotopic (exact) mass is 403 g/mol. The molecule has 0 fully saturated rings. The second kappa shape index (κ2) is 10.1. The number of ether oxygens (including phenoxy) is 1. The highest BCUT2D eigenvalue weighted by molar-refractivity contribution is 6.31. The van der Waals surface area contributed by atoms with E-state index in [-0.39, 0.29) is 12.5 Å². The number of carbonyl (C=O) groups excluding carboxylic acids is 2. The van der Waals surface area contributed by atoms with E-state index in [9.17, 15) is 9.59 Å². The van der Waals surface area contributed by atoms with Crippen LogP contribution in [0.1, 0.15) is 36.2 Å². The molecule has 1 heterocycles. The summed E-state index contributed by atoms with van der Waals surface area (Å²) in [6.07, 6.45) is 2.84. The van der Waals surface area contributed by atoms with Crippen molar-refractivity contribution in [1.82, 2.24) is 14.7 Å². The third-order valence-corrected chi connectivity index (χ3v) is 4.80. The molecule has 28 heavy (non-hydrogen) atoms. The van der Waals surface area contributed by atoms with Gasteiger partial charge in [-0.2, -0.15) is 5.10 Å². The molecule has 0 atom stereocenters. The SMILES string of the molecule is CCN(CC)C(=O)COC(=O)/C=C/c1c(C)nn(Cc2ccc(C)cc2)c1Cl. The number of hydrogen-bond donors (Lipinski definition) is 0. The summed E-state index contributed by atoms with van der Waals surface area (Å²) >= 11 is 6.44. The molecule has 150 valence electrons. The van der Waals surface area contributed by atoms with Gasteiger partial charge in [0, 0.05) is 24.7 Å². The average molecular weight is 404 g/mol. The molecule has 0 aliphatic heterocycles.